The Balaban J connectivity index is 1.35. The molecule has 0 aliphatic carbocycles. The zero-order valence-corrected chi connectivity index (χ0v) is 15.8. The number of carbonyl (C=O) groups excluding carboxylic acids is 1. The van der Waals surface area contributed by atoms with E-state index in [2.05, 4.69) is 20.1 Å². The van der Waals surface area contributed by atoms with Crippen molar-refractivity contribution in [3.05, 3.63) is 45.6 Å². The third kappa shape index (κ3) is 4.14. The van der Waals surface area contributed by atoms with Crippen LogP contribution in [0.15, 0.2) is 23.0 Å². The minimum absolute atomic E-state index is 0.0544. The van der Waals surface area contributed by atoms with Crippen LogP contribution in [0.25, 0.3) is 0 Å². The zero-order chi connectivity index (χ0) is 19.5. The molecule has 3 heterocycles. The number of aromatic nitrogens is 3. The second-order valence-corrected chi connectivity index (χ2v) is 7.10. The summed E-state index contributed by atoms with van der Waals surface area (Å²) in [6.45, 7) is 3.43. The summed E-state index contributed by atoms with van der Waals surface area (Å²) in [7, 11) is 2.04. The molecule has 4 rings (SSSR count). The van der Waals surface area contributed by atoms with E-state index in [4.69, 9.17) is 9.47 Å². The SMILES string of the molecule is CN1CCN(C(=O)CCc2nnc(Cc3ccc4c(c3)OCO4)[nH]c2=O)CC1. The third-order valence-electron chi connectivity index (χ3n) is 5.05. The van der Waals surface area contributed by atoms with Crippen LogP contribution in [-0.2, 0) is 17.6 Å². The molecule has 2 aliphatic rings. The summed E-state index contributed by atoms with van der Waals surface area (Å²) < 4.78 is 10.7. The molecule has 0 radical (unpaired) electrons. The number of carbonyl (C=O) groups is 1. The van der Waals surface area contributed by atoms with E-state index in [1.165, 1.54) is 0 Å². The summed E-state index contributed by atoms with van der Waals surface area (Å²) in [6, 6.07) is 5.60. The Kier molecular flexibility index (Phi) is 5.25. The highest BCUT2D eigenvalue weighted by molar-refractivity contribution is 5.76. The Morgan fingerprint density at radius 2 is 1.93 bits per heavy atom. The molecule has 148 valence electrons. The summed E-state index contributed by atoms with van der Waals surface area (Å²) in [5, 5.41) is 8.17. The van der Waals surface area contributed by atoms with Crippen LogP contribution in [0.2, 0.25) is 0 Å². The summed E-state index contributed by atoms with van der Waals surface area (Å²) in [5.41, 5.74) is 0.932. The quantitative estimate of drug-likeness (QED) is 0.784. The monoisotopic (exact) mass is 385 g/mol. The molecule has 1 aromatic carbocycles. The van der Waals surface area contributed by atoms with E-state index in [0.717, 1.165) is 31.7 Å². The minimum Gasteiger partial charge on any atom is -0.454 e. The van der Waals surface area contributed by atoms with Gasteiger partial charge in [-0.25, -0.2) is 0 Å². The van der Waals surface area contributed by atoms with Crippen molar-refractivity contribution in [3.63, 3.8) is 0 Å². The molecule has 0 saturated carbocycles. The van der Waals surface area contributed by atoms with Crippen LogP contribution in [0.1, 0.15) is 23.5 Å². The van der Waals surface area contributed by atoms with E-state index < -0.39 is 0 Å². The number of H-pyrrole nitrogens is 1. The largest absolute Gasteiger partial charge is 0.454 e. The predicted octanol–water partition coefficient (Wildman–Crippen LogP) is 0.191. The molecule has 2 aliphatic heterocycles. The fraction of sp³-hybridized carbons (Fsp3) is 0.474. The predicted molar refractivity (Wildman–Crippen MR) is 100 cm³/mol. The summed E-state index contributed by atoms with van der Waals surface area (Å²) in [5.74, 6) is 1.92. The second kappa shape index (κ2) is 7.97. The molecule has 0 bridgehead atoms. The van der Waals surface area contributed by atoms with Crippen molar-refractivity contribution < 1.29 is 14.3 Å². The highest BCUT2D eigenvalue weighted by atomic mass is 16.7. The Bertz CT molecular complexity index is 921. The Morgan fingerprint density at radius 1 is 1.14 bits per heavy atom. The lowest BCUT2D eigenvalue weighted by Gasteiger charge is -2.32. The van der Waals surface area contributed by atoms with Crippen molar-refractivity contribution in [2.24, 2.45) is 0 Å². The van der Waals surface area contributed by atoms with Crippen molar-refractivity contribution in [1.29, 1.82) is 0 Å². The number of ether oxygens (including phenoxy) is 2. The highest BCUT2D eigenvalue weighted by Crippen LogP contribution is 2.32. The molecule has 0 spiro atoms. The van der Waals surface area contributed by atoms with Gasteiger partial charge in [-0.05, 0) is 24.7 Å². The van der Waals surface area contributed by atoms with Crippen LogP contribution in [0.3, 0.4) is 0 Å². The molecule has 28 heavy (non-hydrogen) atoms. The first kappa shape index (κ1) is 18.4. The number of nitrogens with zero attached hydrogens (tertiary/aromatic N) is 4. The van der Waals surface area contributed by atoms with E-state index >= 15 is 0 Å². The number of fused-ring (bicyclic) bond motifs is 1. The lowest BCUT2D eigenvalue weighted by molar-refractivity contribution is -0.132. The van der Waals surface area contributed by atoms with Crippen LogP contribution in [0.4, 0.5) is 0 Å². The van der Waals surface area contributed by atoms with Gasteiger partial charge < -0.3 is 24.3 Å². The van der Waals surface area contributed by atoms with Gasteiger partial charge in [0.1, 0.15) is 11.5 Å². The molecule has 9 nitrogen and oxygen atoms in total. The van der Waals surface area contributed by atoms with Gasteiger partial charge in [0, 0.05) is 45.4 Å². The van der Waals surface area contributed by atoms with Gasteiger partial charge in [-0.2, -0.15) is 0 Å². The maximum absolute atomic E-state index is 12.3. The minimum atomic E-state index is -0.295. The number of amides is 1. The molecule has 2 aromatic rings. The fourth-order valence-electron chi connectivity index (χ4n) is 3.32. The number of aromatic amines is 1. The van der Waals surface area contributed by atoms with Gasteiger partial charge in [0.2, 0.25) is 12.7 Å². The van der Waals surface area contributed by atoms with E-state index in [0.29, 0.717) is 23.7 Å². The molecule has 1 aromatic heterocycles. The van der Waals surface area contributed by atoms with E-state index in [1.54, 1.807) is 0 Å². The first-order valence-corrected chi connectivity index (χ1v) is 9.38. The molecule has 1 saturated heterocycles. The van der Waals surface area contributed by atoms with Crippen LogP contribution in [0, 0.1) is 0 Å². The number of nitrogens with one attached hydrogen (secondary N) is 1. The van der Waals surface area contributed by atoms with E-state index in [1.807, 2.05) is 30.1 Å². The van der Waals surface area contributed by atoms with E-state index in [-0.39, 0.29) is 36.8 Å². The Morgan fingerprint density at radius 3 is 2.71 bits per heavy atom. The average molecular weight is 385 g/mol. The number of rotatable bonds is 5. The number of benzene rings is 1. The molecule has 0 unspecified atom stereocenters. The Labute approximate surface area is 162 Å². The third-order valence-corrected chi connectivity index (χ3v) is 5.05. The molecular weight excluding hydrogens is 362 g/mol. The molecule has 0 atom stereocenters. The number of hydrogen-bond acceptors (Lipinski definition) is 7. The van der Waals surface area contributed by atoms with Crippen molar-refractivity contribution in [1.82, 2.24) is 25.0 Å². The van der Waals surface area contributed by atoms with Gasteiger partial charge in [-0.15, -0.1) is 10.2 Å². The van der Waals surface area contributed by atoms with Gasteiger partial charge in [0.05, 0.1) is 0 Å². The molecule has 9 heteroatoms. The lowest BCUT2D eigenvalue weighted by Crippen LogP contribution is -2.47. The van der Waals surface area contributed by atoms with Crippen LogP contribution >= 0.6 is 0 Å². The van der Waals surface area contributed by atoms with Crippen LogP contribution < -0.4 is 15.0 Å². The lowest BCUT2D eigenvalue weighted by atomic mass is 10.1. The highest BCUT2D eigenvalue weighted by Gasteiger charge is 2.19. The standard InChI is InChI=1S/C19H23N5O4/c1-23-6-8-24(9-7-23)18(25)5-3-14-19(26)20-17(22-21-14)11-13-2-4-15-16(10-13)28-12-27-15/h2,4,10H,3,5-9,11-12H2,1H3,(H,20,22,26). The molecule has 1 fully saturated rings. The van der Waals surface area contributed by atoms with Crippen LogP contribution in [0.5, 0.6) is 11.5 Å². The fourth-order valence-corrected chi connectivity index (χ4v) is 3.32. The second-order valence-electron chi connectivity index (χ2n) is 7.10. The molecular formula is C19H23N5O4. The number of likely N-dealkylation sites (N-methyl/N-ethyl adjacent to an activating group) is 1. The van der Waals surface area contributed by atoms with Crippen LogP contribution in [-0.4, -0.2) is 70.9 Å². The normalized spacial score (nSPS) is 16.4. The van der Waals surface area contributed by atoms with Crippen molar-refractivity contribution >= 4 is 5.91 Å². The van der Waals surface area contributed by atoms with Gasteiger partial charge >= 0.3 is 0 Å². The molecule has 1 amide bonds. The van der Waals surface area contributed by atoms with Gasteiger partial charge in [-0.3, -0.25) is 9.59 Å². The van der Waals surface area contributed by atoms with Gasteiger partial charge in [0.15, 0.2) is 11.5 Å². The smallest absolute Gasteiger partial charge is 0.272 e. The molecule has 1 N–H and O–H groups in total. The van der Waals surface area contributed by atoms with Crippen molar-refractivity contribution in [2.45, 2.75) is 19.3 Å². The summed E-state index contributed by atoms with van der Waals surface area (Å²) in [6.07, 6.45) is 0.986. The average Bonchev–Trinajstić information content (AvgIpc) is 3.15. The topological polar surface area (TPSA) is 101 Å². The van der Waals surface area contributed by atoms with Gasteiger partial charge in [0.25, 0.3) is 5.56 Å². The number of aryl methyl sites for hydroxylation is 1. The first-order chi connectivity index (χ1) is 13.6. The Hall–Kier alpha value is -2.94. The summed E-state index contributed by atoms with van der Waals surface area (Å²) in [4.78, 5) is 31.4. The summed E-state index contributed by atoms with van der Waals surface area (Å²) >= 11 is 0. The van der Waals surface area contributed by atoms with E-state index in [9.17, 15) is 9.59 Å². The maximum atomic E-state index is 12.3. The number of piperazine rings is 1. The number of hydrogen-bond donors (Lipinski definition) is 1. The van der Waals surface area contributed by atoms with Gasteiger partial charge in [-0.1, -0.05) is 6.07 Å². The zero-order valence-electron chi connectivity index (χ0n) is 15.8. The van der Waals surface area contributed by atoms with Crippen molar-refractivity contribution in [3.8, 4) is 11.5 Å². The first-order valence-electron chi connectivity index (χ1n) is 9.38. The maximum Gasteiger partial charge on any atom is 0.272 e. The van der Waals surface area contributed by atoms with Crippen molar-refractivity contribution in [2.75, 3.05) is 40.0 Å².